The molecule has 0 bridgehead atoms. The highest BCUT2D eigenvalue weighted by molar-refractivity contribution is 6.30. The van der Waals surface area contributed by atoms with Crippen molar-refractivity contribution in [2.24, 2.45) is 0 Å². The van der Waals surface area contributed by atoms with Gasteiger partial charge in [-0.05, 0) is 37.3 Å². The number of rotatable bonds is 5. The first-order valence-electron chi connectivity index (χ1n) is 8.74. The predicted octanol–water partition coefficient (Wildman–Crippen LogP) is 3.22. The third-order valence-electron chi connectivity index (χ3n) is 4.19. The average Bonchev–Trinajstić information content (AvgIpc) is 2.68. The molecule has 6 nitrogen and oxygen atoms in total. The molecule has 1 N–H and O–H groups in total. The van der Waals surface area contributed by atoms with Crippen molar-refractivity contribution in [3.8, 4) is 5.75 Å². The summed E-state index contributed by atoms with van der Waals surface area (Å²) in [4.78, 5) is 27.0. The Kier molecular flexibility index (Phi) is 6.32. The normalized spacial score (nSPS) is 15.1. The van der Waals surface area contributed by atoms with E-state index in [1.54, 1.807) is 60.4 Å². The number of halogens is 1. The van der Waals surface area contributed by atoms with Gasteiger partial charge < -0.3 is 19.7 Å². The Hall–Kier alpha value is -2.57. The molecule has 3 rings (SSSR count). The fourth-order valence-corrected chi connectivity index (χ4v) is 2.93. The van der Waals surface area contributed by atoms with Crippen molar-refractivity contribution >= 4 is 29.1 Å². The molecule has 0 aliphatic carbocycles. The van der Waals surface area contributed by atoms with E-state index >= 15 is 0 Å². The molecular formula is C20H21ClN2O4. The molecule has 0 radical (unpaired) electrons. The maximum Gasteiger partial charge on any atom is 0.265 e. The molecule has 0 aromatic heterocycles. The zero-order chi connectivity index (χ0) is 19.2. The first-order valence-corrected chi connectivity index (χ1v) is 9.11. The molecule has 142 valence electrons. The number of para-hydroxylation sites is 1. The van der Waals surface area contributed by atoms with Crippen LogP contribution in [-0.2, 0) is 9.53 Å². The molecule has 0 unspecified atom stereocenters. The van der Waals surface area contributed by atoms with Crippen LogP contribution in [0.4, 0.5) is 5.69 Å². The number of hydrogen-bond acceptors (Lipinski definition) is 4. The third-order valence-corrected chi connectivity index (χ3v) is 4.43. The van der Waals surface area contributed by atoms with Crippen LogP contribution in [0.5, 0.6) is 5.75 Å². The fourth-order valence-electron chi connectivity index (χ4n) is 2.75. The summed E-state index contributed by atoms with van der Waals surface area (Å²) in [6.07, 6.45) is -0.755. The third kappa shape index (κ3) is 4.99. The number of morpholine rings is 1. The first kappa shape index (κ1) is 19.2. The maximum atomic E-state index is 12.8. The number of amides is 2. The Labute approximate surface area is 163 Å². The molecule has 1 fully saturated rings. The van der Waals surface area contributed by atoms with Gasteiger partial charge in [-0.1, -0.05) is 29.8 Å². The number of hydrogen-bond donors (Lipinski definition) is 1. The van der Waals surface area contributed by atoms with Crippen molar-refractivity contribution in [3.63, 3.8) is 0 Å². The van der Waals surface area contributed by atoms with Crippen LogP contribution >= 0.6 is 11.6 Å². The van der Waals surface area contributed by atoms with Crippen molar-refractivity contribution in [1.82, 2.24) is 4.90 Å². The zero-order valence-electron chi connectivity index (χ0n) is 15.0. The smallest absolute Gasteiger partial charge is 0.265 e. The lowest BCUT2D eigenvalue weighted by Crippen LogP contribution is -2.41. The Morgan fingerprint density at radius 2 is 1.89 bits per heavy atom. The highest BCUT2D eigenvalue weighted by Crippen LogP contribution is 2.21. The lowest BCUT2D eigenvalue weighted by Gasteiger charge is -2.27. The number of nitrogens with zero attached hydrogens (tertiary/aromatic N) is 1. The molecule has 1 atom stereocenters. The van der Waals surface area contributed by atoms with E-state index in [2.05, 4.69) is 5.32 Å². The number of nitrogens with one attached hydrogen (secondary N) is 1. The molecular weight excluding hydrogens is 368 g/mol. The van der Waals surface area contributed by atoms with Gasteiger partial charge in [-0.25, -0.2) is 0 Å². The lowest BCUT2D eigenvalue weighted by atomic mass is 10.1. The van der Waals surface area contributed by atoms with Gasteiger partial charge in [0.05, 0.1) is 24.5 Å². The van der Waals surface area contributed by atoms with Gasteiger partial charge in [0, 0.05) is 18.1 Å². The number of ether oxygens (including phenoxy) is 2. The molecule has 1 heterocycles. The van der Waals surface area contributed by atoms with Gasteiger partial charge in [-0.2, -0.15) is 0 Å². The Balaban J connectivity index is 1.69. The molecule has 27 heavy (non-hydrogen) atoms. The van der Waals surface area contributed by atoms with Crippen molar-refractivity contribution in [1.29, 1.82) is 0 Å². The fraction of sp³-hybridized carbons (Fsp3) is 0.300. The van der Waals surface area contributed by atoms with Crippen molar-refractivity contribution in [2.45, 2.75) is 13.0 Å². The van der Waals surface area contributed by atoms with Crippen LogP contribution in [0, 0.1) is 0 Å². The average molecular weight is 389 g/mol. The summed E-state index contributed by atoms with van der Waals surface area (Å²) in [6, 6.07) is 13.8. The molecule has 2 aromatic rings. The lowest BCUT2D eigenvalue weighted by molar-refractivity contribution is -0.122. The van der Waals surface area contributed by atoms with Gasteiger partial charge in [0.25, 0.3) is 11.8 Å². The van der Waals surface area contributed by atoms with Gasteiger partial charge in [-0.3, -0.25) is 9.59 Å². The zero-order valence-corrected chi connectivity index (χ0v) is 15.7. The topological polar surface area (TPSA) is 67.9 Å². The van der Waals surface area contributed by atoms with Crippen LogP contribution in [-0.4, -0.2) is 49.1 Å². The molecule has 1 saturated heterocycles. The second-order valence-corrected chi connectivity index (χ2v) is 6.59. The van der Waals surface area contributed by atoms with E-state index in [0.717, 1.165) is 0 Å². The van der Waals surface area contributed by atoms with Crippen molar-refractivity contribution in [3.05, 3.63) is 59.1 Å². The molecule has 0 spiro atoms. The van der Waals surface area contributed by atoms with E-state index in [9.17, 15) is 9.59 Å². The molecule has 1 aliphatic rings. The molecule has 0 saturated carbocycles. The van der Waals surface area contributed by atoms with Crippen LogP contribution in [0.15, 0.2) is 48.5 Å². The molecule has 2 amide bonds. The second kappa shape index (κ2) is 8.88. The molecule has 7 heteroatoms. The summed E-state index contributed by atoms with van der Waals surface area (Å²) in [7, 11) is 0. The van der Waals surface area contributed by atoms with Crippen LogP contribution in [0.25, 0.3) is 0 Å². The van der Waals surface area contributed by atoms with Gasteiger partial charge in [0.2, 0.25) is 0 Å². The Morgan fingerprint density at radius 3 is 2.63 bits per heavy atom. The minimum absolute atomic E-state index is 0.127. The van der Waals surface area contributed by atoms with Crippen LogP contribution in [0.2, 0.25) is 5.02 Å². The Morgan fingerprint density at radius 1 is 1.15 bits per heavy atom. The summed E-state index contributed by atoms with van der Waals surface area (Å²) < 4.78 is 10.9. The van der Waals surface area contributed by atoms with Gasteiger partial charge in [-0.15, -0.1) is 0 Å². The summed E-state index contributed by atoms with van der Waals surface area (Å²) >= 11 is 5.94. The van der Waals surface area contributed by atoms with E-state index in [0.29, 0.717) is 48.3 Å². The Bertz CT molecular complexity index is 821. The number of carbonyl (C=O) groups excluding carboxylic acids is 2. The number of benzene rings is 2. The van der Waals surface area contributed by atoms with E-state index in [1.807, 2.05) is 0 Å². The number of carbonyl (C=O) groups is 2. The van der Waals surface area contributed by atoms with E-state index in [4.69, 9.17) is 21.1 Å². The summed E-state index contributed by atoms with van der Waals surface area (Å²) in [5.74, 6) is 0.0256. The van der Waals surface area contributed by atoms with E-state index in [-0.39, 0.29) is 11.8 Å². The SMILES string of the molecule is C[C@H](Oc1cccc(Cl)c1)C(=O)Nc1ccccc1C(=O)N1CCOCC1. The molecule has 2 aromatic carbocycles. The van der Waals surface area contributed by atoms with E-state index in [1.165, 1.54) is 0 Å². The highest BCUT2D eigenvalue weighted by atomic mass is 35.5. The van der Waals surface area contributed by atoms with E-state index < -0.39 is 6.10 Å². The monoisotopic (exact) mass is 388 g/mol. The standard InChI is InChI=1S/C20H21ClN2O4/c1-14(27-16-6-4-5-15(21)13-16)19(24)22-18-8-3-2-7-17(18)20(25)23-9-11-26-12-10-23/h2-8,13-14H,9-12H2,1H3,(H,22,24)/t14-/m0/s1. The van der Waals surface area contributed by atoms with Crippen molar-refractivity contribution < 1.29 is 19.1 Å². The molecule has 1 aliphatic heterocycles. The minimum atomic E-state index is -0.755. The van der Waals surface area contributed by atoms with Gasteiger partial charge >= 0.3 is 0 Å². The number of anilines is 1. The summed E-state index contributed by atoms with van der Waals surface area (Å²) in [5.41, 5.74) is 0.906. The predicted molar refractivity (Wildman–Crippen MR) is 103 cm³/mol. The van der Waals surface area contributed by atoms with Crippen LogP contribution < -0.4 is 10.1 Å². The van der Waals surface area contributed by atoms with Crippen LogP contribution in [0.1, 0.15) is 17.3 Å². The second-order valence-electron chi connectivity index (χ2n) is 6.16. The first-order chi connectivity index (χ1) is 13.0. The summed E-state index contributed by atoms with van der Waals surface area (Å²) in [5, 5.41) is 3.32. The van der Waals surface area contributed by atoms with Crippen LogP contribution in [0.3, 0.4) is 0 Å². The maximum absolute atomic E-state index is 12.8. The quantitative estimate of drug-likeness (QED) is 0.854. The van der Waals surface area contributed by atoms with Crippen molar-refractivity contribution in [2.75, 3.05) is 31.6 Å². The van der Waals surface area contributed by atoms with Gasteiger partial charge in [0.1, 0.15) is 5.75 Å². The largest absolute Gasteiger partial charge is 0.481 e. The minimum Gasteiger partial charge on any atom is -0.481 e. The highest BCUT2D eigenvalue weighted by Gasteiger charge is 2.23. The summed E-state index contributed by atoms with van der Waals surface area (Å²) in [6.45, 7) is 3.75. The van der Waals surface area contributed by atoms with Gasteiger partial charge in [0.15, 0.2) is 6.10 Å².